The van der Waals surface area contributed by atoms with Crippen LogP contribution >= 0.6 is 0 Å². The molecule has 3 nitrogen and oxygen atoms in total. The standard InChI is InChI=1S/C14H15F7O3Si/c1-4-22-25(23-5-2,24-6-3)13-11(18)8(15)7(9(16)12(13)19)10(17)14(20)21/h4-6H2,1-3H3. The topological polar surface area (TPSA) is 27.7 Å². The van der Waals surface area contributed by atoms with Crippen molar-refractivity contribution in [3.05, 3.63) is 34.9 Å². The molecule has 1 aromatic rings. The first-order valence-electron chi connectivity index (χ1n) is 7.17. The third-order valence-corrected chi connectivity index (χ3v) is 6.02. The number of hydrogen-bond acceptors (Lipinski definition) is 3. The van der Waals surface area contributed by atoms with Crippen LogP contribution in [0.3, 0.4) is 0 Å². The molecule has 0 bridgehead atoms. The monoisotopic (exact) mass is 392 g/mol. The summed E-state index contributed by atoms with van der Waals surface area (Å²) in [7, 11) is -4.46. The maximum Gasteiger partial charge on any atom is 0.543 e. The van der Waals surface area contributed by atoms with Crippen molar-refractivity contribution in [3.8, 4) is 0 Å². The Balaban J connectivity index is 3.84. The first kappa shape index (κ1) is 21.6. The molecule has 0 heterocycles. The van der Waals surface area contributed by atoms with Crippen molar-refractivity contribution in [1.82, 2.24) is 0 Å². The molecule has 0 saturated heterocycles. The molecule has 0 spiro atoms. The average molecular weight is 392 g/mol. The SMILES string of the molecule is CCO[Si](OCC)(OCC)c1c(F)c(F)c(C(F)=C(F)F)c(F)c1F. The van der Waals surface area contributed by atoms with E-state index >= 15 is 0 Å². The minimum atomic E-state index is -4.46. The fraction of sp³-hybridized carbons (Fsp3) is 0.429. The highest BCUT2D eigenvalue weighted by Crippen LogP contribution is 2.31. The Morgan fingerprint density at radius 2 is 1.08 bits per heavy atom. The van der Waals surface area contributed by atoms with Crippen molar-refractivity contribution >= 4 is 19.8 Å². The molecule has 1 aromatic carbocycles. The maximum atomic E-state index is 14.4. The van der Waals surface area contributed by atoms with Crippen LogP contribution in [0.4, 0.5) is 30.7 Å². The third-order valence-electron chi connectivity index (χ3n) is 2.96. The molecule has 0 saturated carbocycles. The van der Waals surface area contributed by atoms with Crippen LogP contribution in [0.15, 0.2) is 6.08 Å². The quantitative estimate of drug-likeness (QED) is 0.380. The molecule has 0 aliphatic rings. The minimum absolute atomic E-state index is 0.191. The molecular weight excluding hydrogens is 377 g/mol. The molecular formula is C14H15F7O3Si. The first-order valence-corrected chi connectivity index (χ1v) is 8.90. The molecule has 0 radical (unpaired) electrons. The van der Waals surface area contributed by atoms with Gasteiger partial charge in [0.1, 0.15) is 0 Å². The lowest BCUT2D eigenvalue weighted by molar-refractivity contribution is 0.0840. The zero-order chi connectivity index (χ0) is 19.4. The molecule has 11 heteroatoms. The van der Waals surface area contributed by atoms with Gasteiger partial charge in [-0.1, -0.05) is 0 Å². The summed E-state index contributed by atoms with van der Waals surface area (Å²) in [5.41, 5.74) is -2.15. The van der Waals surface area contributed by atoms with Crippen LogP contribution in [0.2, 0.25) is 0 Å². The molecule has 0 atom stereocenters. The fourth-order valence-corrected chi connectivity index (χ4v) is 4.68. The first-order chi connectivity index (χ1) is 11.7. The smallest absolute Gasteiger partial charge is 0.370 e. The van der Waals surface area contributed by atoms with Gasteiger partial charge in [-0.3, -0.25) is 0 Å². The molecule has 0 aliphatic heterocycles. The van der Waals surface area contributed by atoms with Crippen molar-refractivity contribution < 1.29 is 44.0 Å². The molecule has 0 aromatic heterocycles. The highest BCUT2D eigenvalue weighted by molar-refractivity contribution is 6.75. The van der Waals surface area contributed by atoms with Crippen molar-refractivity contribution in [1.29, 1.82) is 0 Å². The summed E-state index contributed by atoms with van der Waals surface area (Å²) in [6.07, 6.45) is -3.13. The highest BCUT2D eigenvalue weighted by Gasteiger charge is 2.51. The Bertz CT molecular complexity index is 616. The zero-order valence-corrected chi connectivity index (χ0v) is 14.5. The van der Waals surface area contributed by atoms with Gasteiger partial charge in [-0.2, -0.15) is 8.78 Å². The fourth-order valence-electron chi connectivity index (χ4n) is 2.10. The largest absolute Gasteiger partial charge is 0.543 e. The van der Waals surface area contributed by atoms with Gasteiger partial charge in [0.25, 0.3) is 0 Å². The van der Waals surface area contributed by atoms with E-state index in [1.807, 2.05) is 0 Å². The Morgan fingerprint density at radius 3 is 1.36 bits per heavy atom. The van der Waals surface area contributed by atoms with Crippen LogP contribution in [-0.4, -0.2) is 28.6 Å². The summed E-state index contributed by atoms with van der Waals surface area (Å²) >= 11 is 0. The molecule has 0 fully saturated rings. The van der Waals surface area contributed by atoms with Gasteiger partial charge in [-0.25, -0.2) is 22.0 Å². The van der Waals surface area contributed by atoms with Crippen LogP contribution in [0, 0.1) is 23.3 Å². The van der Waals surface area contributed by atoms with Gasteiger partial charge in [0.2, 0.25) is 5.83 Å². The van der Waals surface area contributed by atoms with E-state index in [0.29, 0.717) is 0 Å². The van der Waals surface area contributed by atoms with Gasteiger partial charge in [0.05, 0.1) is 10.8 Å². The van der Waals surface area contributed by atoms with E-state index < -0.39 is 54.7 Å². The molecule has 0 aliphatic carbocycles. The number of benzene rings is 1. The Labute approximate surface area is 140 Å². The van der Waals surface area contributed by atoms with Crippen LogP contribution in [0.5, 0.6) is 0 Å². The van der Waals surface area contributed by atoms with Crippen molar-refractivity contribution in [2.45, 2.75) is 20.8 Å². The lowest BCUT2D eigenvalue weighted by atomic mass is 10.1. The summed E-state index contributed by atoms with van der Waals surface area (Å²) in [5, 5.41) is -1.34. The van der Waals surface area contributed by atoms with E-state index in [1.54, 1.807) is 0 Å². The minimum Gasteiger partial charge on any atom is -0.370 e. The molecule has 0 N–H and O–H groups in total. The van der Waals surface area contributed by atoms with Gasteiger partial charge in [0, 0.05) is 19.8 Å². The summed E-state index contributed by atoms with van der Waals surface area (Å²) in [6, 6.07) is 0. The summed E-state index contributed by atoms with van der Waals surface area (Å²) in [4.78, 5) is 0. The van der Waals surface area contributed by atoms with Gasteiger partial charge in [0.15, 0.2) is 23.3 Å². The van der Waals surface area contributed by atoms with Gasteiger partial charge < -0.3 is 13.3 Å². The lowest BCUT2D eigenvalue weighted by Crippen LogP contribution is -2.60. The number of hydrogen-bond donors (Lipinski definition) is 0. The van der Waals surface area contributed by atoms with Crippen LogP contribution < -0.4 is 5.19 Å². The van der Waals surface area contributed by atoms with Gasteiger partial charge in [-0.05, 0) is 20.8 Å². The average Bonchev–Trinajstić information content (AvgIpc) is 2.54. The van der Waals surface area contributed by atoms with Gasteiger partial charge in [-0.15, -0.1) is 0 Å². The molecule has 0 amide bonds. The third kappa shape index (κ3) is 4.05. The maximum absolute atomic E-state index is 14.4. The second kappa shape index (κ2) is 8.78. The normalized spacial score (nSPS) is 11.8. The van der Waals surface area contributed by atoms with E-state index in [-0.39, 0.29) is 19.8 Å². The zero-order valence-electron chi connectivity index (χ0n) is 13.5. The predicted molar refractivity (Wildman–Crippen MR) is 76.8 cm³/mol. The van der Waals surface area contributed by atoms with Crippen LogP contribution in [-0.2, 0) is 13.3 Å². The highest BCUT2D eigenvalue weighted by atomic mass is 28.4. The predicted octanol–water partition coefficient (Wildman–Crippen LogP) is 4.03. The summed E-state index contributed by atoms with van der Waals surface area (Å²) in [5.74, 6) is -11.6. The Morgan fingerprint density at radius 1 is 0.720 bits per heavy atom. The van der Waals surface area contributed by atoms with E-state index in [4.69, 9.17) is 13.3 Å². The number of halogens is 7. The summed E-state index contributed by atoms with van der Waals surface area (Å²) < 4.78 is 110. The second-order valence-corrected chi connectivity index (χ2v) is 6.91. The Hall–Kier alpha value is -1.43. The van der Waals surface area contributed by atoms with Crippen molar-refractivity contribution in [2.24, 2.45) is 0 Å². The van der Waals surface area contributed by atoms with Gasteiger partial charge >= 0.3 is 14.9 Å². The molecule has 1 rings (SSSR count). The van der Waals surface area contributed by atoms with E-state index in [1.165, 1.54) is 20.8 Å². The Kier molecular flexibility index (Phi) is 7.59. The lowest BCUT2D eigenvalue weighted by Gasteiger charge is -2.29. The van der Waals surface area contributed by atoms with E-state index in [2.05, 4.69) is 0 Å². The summed E-state index contributed by atoms with van der Waals surface area (Å²) in [6.45, 7) is 3.67. The molecule has 142 valence electrons. The van der Waals surface area contributed by atoms with Crippen molar-refractivity contribution in [3.63, 3.8) is 0 Å². The van der Waals surface area contributed by atoms with Crippen molar-refractivity contribution in [2.75, 3.05) is 19.8 Å². The van der Waals surface area contributed by atoms with Crippen LogP contribution in [0.1, 0.15) is 26.3 Å². The molecule has 0 unspecified atom stereocenters. The number of rotatable bonds is 8. The van der Waals surface area contributed by atoms with Crippen LogP contribution in [0.25, 0.3) is 5.83 Å². The van der Waals surface area contributed by atoms with E-state index in [9.17, 15) is 30.7 Å². The molecule has 25 heavy (non-hydrogen) atoms. The second-order valence-electron chi connectivity index (χ2n) is 4.44. The van der Waals surface area contributed by atoms with E-state index in [0.717, 1.165) is 0 Å².